The molecule has 0 aliphatic carbocycles. The summed E-state index contributed by atoms with van der Waals surface area (Å²) >= 11 is 0. The van der Waals surface area contributed by atoms with Crippen molar-refractivity contribution in [3.63, 3.8) is 0 Å². The molecule has 2 unspecified atom stereocenters. The molecule has 0 saturated heterocycles. The SMILES string of the molecule is CCCC/C=C\CCCCCC(O)CCC(O)(CC(=O)[O-])C[N+](C)(C)C. The highest BCUT2D eigenvalue weighted by atomic mass is 16.4. The fourth-order valence-electron chi connectivity index (χ4n) is 3.33. The number of aliphatic hydroxyl groups excluding tert-OH is 1. The number of nitrogens with zero attached hydrogens (tertiary/aromatic N) is 1. The summed E-state index contributed by atoms with van der Waals surface area (Å²) in [4.78, 5) is 11.0. The van der Waals surface area contributed by atoms with E-state index in [2.05, 4.69) is 19.1 Å². The molecule has 0 bridgehead atoms. The van der Waals surface area contributed by atoms with Gasteiger partial charge in [0.1, 0.15) is 12.1 Å². The van der Waals surface area contributed by atoms with Crippen LogP contribution in [0.15, 0.2) is 12.2 Å². The largest absolute Gasteiger partial charge is 0.550 e. The summed E-state index contributed by atoms with van der Waals surface area (Å²) in [5.74, 6) is -1.25. The summed E-state index contributed by atoms with van der Waals surface area (Å²) in [6, 6.07) is 0. The van der Waals surface area contributed by atoms with Gasteiger partial charge in [0.25, 0.3) is 0 Å². The maximum absolute atomic E-state index is 11.0. The highest BCUT2D eigenvalue weighted by Crippen LogP contribution is 2.23. The van der Waals surface area contributed by atoms with E-state index >= 15 is 0 Å². The minimum absolute atomic E-state index is 0.276. The molecule has 5 nitrogen and oxygen atoms in total. The molecule has 0 fully saturated rings. The van der Waals surface area contributed by atoms with Gasteiger partial charge in [0.15, 0.2) is 0 Å². The minimum atomic E-state index is -1.33. The first kappa shape index (κ1) is 25.1. The monoisotopic (exact) mass is 371 g/mol. The highest BCUT2D eigenvalue weighted by molar-refractivity contribution is 5.65. The van der Waals surface area contributed by atoms with Crippen molar-refractivity contribution in [3.8, 4) is 0 Å². The summed E-state index contributed by atoms with van der Waals surface area (Å²) in [7, 11) is 5.73. The molecular weight excluding hydrogens is 330 g/mol. The molecule has 0 aromatic heterocycles. The molecule has 0 spiro atoms. The van der Waals surface area contributed by atoms with Crippen LogP contribution >= 0.6 is 0 Å². The lowest BCUT2D eigenvalue weighted by molar-refractivity contribution is -0.877. The maximum Gasteiger partial charge on any atom is 0.119 e. The number of allylic oxidation sites excluding steroid dienone is 2. The first-order valence-electron chi connectivity index (χ1n) is 10.1. The average molecular weight is 372 g/mol. The quantitative estimate of drug-likeness (QED) is 0.248. The number of hydrogen-bond donors (Lipinski definition) is 2. The molecule has 0 aliphatic heterocycles. The lowest BCUT2D eigenvalue weighted by Crippen LogP contribution is -2.52. The number of carboxylic acid groups (broad SMARTS) is 1. The Morgan fingerprint density at radius 1 is 1.08 bits per heavy atom. The van der Waals surface area contributed by atoms with Crippen molar-refractivity contribution in [2.45, 2.75) is 89.3 Å². The molecule has 0 aromatic carbocycles. The van der Waals surface area contributed by atoms with Crippen molar-refractivity contribution in [3.05, 3.63) is 12.2 Å². The Balaban J connectivity index is 4.03. The van der Waals surface area contributed by atoms with Crippen LogP contribution in [0.3, 0.4) is 0 Å². The average Bonchev–Trinajstić information content (AvgIpc) is 2.49. The third-order valence-corrected chi connectivity index (χ3v) is 4.48. The molecule has 0 amide bonds. The zero-order chi connectivity index (χ0) is 20.1. The van der Waals surface area contributed by atoms with E-state index < -0.39 is 17.7 Å². The zero-order valence-electron chi connectivity index (χ0n) is 17.4. The number of unbranched alkanes of at least 4 members (excludes halogenated alkanes) is 5. The van der Waals surface area contributed by atoms with Crippen molar-refractivity contribution in [1.29, 1.82) is 0 Å². The number of aliphatic hydroxyl groups is 2. The van der Waals surface area contributed by atoms with Gasteiger partial charge in [0.05, 0.1) is 27.2 Å². The number of carboxylic acids is 1. The number of carbonyl (C=O) groups excluding carboxylic acids is 1. The summed E-state index contributed by atoms with van der Waals surface area (Å²) in [5.41, 5.74) is -1.33. The van der Waals surface area contributed by atoms with Gasteiger partial charge in [-0.1, -0.05) is 44.8 Å². The highest BCUT2D eigenvalue weighted by Gasteiger charge is 2.34. The number of quaternary nitrogens is 1. The second kappa shape index (κ2) is 13.3. The Kier molecular flexibility index (Phi) is 12.8. The van der Waals surface area contributed by atoms with E-state index in [9.17, 15) is 20.1 Å². The topological polar surface area (TPSA) is 80.6 Å². The molecule has 5 heteroatoms. The summed E-state index contributed by atoms with van der Waals surface area (Å²) < 4.78 is 0.464. The van der Waals surface area contributed by atoms with Crippen LogP contribution in [0.5, 0.6) is 0 Å². The van der Waals surface area contributed by atoms with Crippen LogP contribution in [-0.4, -0.2) is 60.1 Å². The summed E-state index contributed by atoms with van der Waals surface area (Å²) in [6.07, 6.45) is 12.9. The Labute approximate surface area is 160 Å². The first-order chi connectivity index (χ1) is 12.1. The molecule has 26 heavy (non-hydrogen) atoms. The number of carbonyl (C=O) groups is 1. The van der Waals surface area contributed by atoms with E-state index in [0.29, 0.717) is 23.9 Å². The standard InChI is InChI=1S/C21H41NO4/c1-5-6-7-8-9-10-11-12-13-14-19(23)15-16-21(26,17-20(24)25)18-22(2,3)4/h8-9,19,23,26H,5-7,10-18H2,1-4H3/b9-8-. The summed E-state index contributed by atoms with van der Waals surface area (Å²) in [6.45, 7) is 2.51. The van der Waals surface area contributed by atoms with Crippen molar-refractivity contribution in [1.82, 2.24) is 0 Å². The number of hydrogen-bond acceptors (Lipinski definition) is 4. The van der Waals surface area contributed by atoms with Crippen LogP contribution in [-0.2, 0) is 4.79 Å². The second-order valence-electron chi connectivity index (χ2n) is 8.67. The van der Waals surface area contributed by atoms with E-state index in [1.54, 1.807) is 0 Å². The van der Waals surface area contributed by atoms with E-state index in [1.165, 1.54) is 12.8 Å². The number of likely N-dealkylation sites (N-methyl/N-ethyl adjacent to an activating group) is 1. The van der Waals surface area contributed by atoms with Crippen LogP contribution in [0.4, 0.5) is 0 Å². The first-order valence-corrected chi connectivity index (χ1v) is 10.1. The normalized spacial score (nSPS) is 15.9. The lowest BCUT2D eigenvalue weighted by atomic mass is 9.90. The smallest absolute Gasteiger partial charge is 0.119 e. The third-order valence-electron chi connectivity index (χ3n) is 4.48. The molecule has 0 saturated carbocycles. The van der Waals surface area contributed by atoms with Gasteiger partial charge in [0, 0.05) is 12.4 Å². The molecular formula is C21H41NO4. The molecule has 0 radical (unpaired) electrons. The molecule has 0 heterocycles. The van der Waals surface area contributed by atoms with Gasteiger partial charge < -0.3 is 24.6 Å². The van der Waals surface area contributed by atoms with Crippen molar-refractivity contribution < 1.29 is 24.6 Å². The molecule has 0 aromatic rings. The van der Waals surface area contributed by atoms with E-state index in [0.717, 1.165) is 32.1 Å². The molecule has 2 N–H and O–H groups in total. The van der Waals surface area contributed by atoms with Crippen LogP contribution in [0.2, 0.25) is 0 Å². The minimum Gasteiger partial charge on any atom is -0.550 e. The van der Waals surface area contributed by atoms with Crippen LogP contribution in [0.1, 0.15) is 77.6 Å². The van der Waals surface area contributed by atoms with Crippen molar-refractivity contribution in [2.75, 3.05) is 27.7 Å². The third kappa shape index (κ3) is 15.4. The Hall–Kier alpha value is -0.910. The van der Waals surface area contributed by atoms with Gasteiger partial charge in [-0.15, -0.1) is 0 Å². The van der Waals surface area contributed by atoms with Crippen LogP contribution in [0, 0.1) is 0 Å². The van der Waals surface area contributed by atoms with E-state index in [1.807, 2.05) is 21.1 Å². The predicted octanol–water partition coefficient (Wildman–Crippen LogP) is 2.40. The van der Waals surface area contributed by atoms with Crippen molar-refractivity contribution in [2.24, 2.45) is 0 Å². The van der Waals surface area contributed by atoms with E-state index in [4.69, 9.17) is 0 Å². The fourth-order valence-corrected chi connectivity index (χ4v) is 3.33. The number of rotatable bonds is 16. The van der Waals surface area contributed by atoms with Gasteiger partial charge in [-0.2, -0.15) is 0 Å². The second-order valence-corrected chi connectivity index (χ2v) is 8.67. The lowest BCUT2D eigenvalue weighted by Gasteiger charge is -2.36. The maximum atomic E-state index is 11.0. The van der Waals surface area contributed by atoms with Crippen LogP contribution in [0.25, 0.3) is 0 Å². The molecule has 0 aliphatic rings. The van der Waals surface area contributed by atoms with Gasteiger partial charge in [-0.05, 0) is 38.5 Å². The Bertz CT molecular complexity index is 403. The molecule has 0 rings (SSSR count). The number of aliphatic carboxylic acids is 1. The molecule has 154 valence electrons. The van der Waals surface area contributed by atoms with Gasteiger partial charge in [-0.3, -0.25) is 0 Å². The predicted molar refractivity (Wildman–Crippen MR) is 104 cm³/mol. The van der Waals surface area contributed by atoms with Gasteiger partial charge in [0.2, 0.25) is 0 Å². The fraction of sp³-hybridized carbons (Fsp3) is 0.857. The molecule has 2 atom stereocenters. The summed E-state index contributed by atoms with van der Waals surface area (Å²) in [5, 5.41) is 31.7. The Morgan fingerprint density at radius 2 is 1.69 bits per heavy atom. The van der Waals surface area contributed by atoms with Crippen molar-refractivity contribution >= 4 is 5.97 Å². The van der Waals surface area contributed by atoms with E-state index in [-0.39, 0.29) is 12.8 Å². The van der Waals surface area contributed by atoms with Crippen LogP contribution < -0.4 is 5.11 Å². The Morgan fingerprint density at radius 3 is 2.23 bits per heavy atom. The van der Waals surface area contributed by atoms with Gasteiger partial charge in [-0.25, -0.2) is 0 Å². The van der Waals surface area contributed by atoms with Gasteiger partial charge >= 0.3 is 0 Å². The zero-order valence-corrected chi connectivity index (χ0v) is 17.4.